The number of ether oxygens (including phenoxy) is 3. The largest absolute Gasteiger partial charge is 0.462 e. The van der Waals surface area contributed by atoms with Crippen molar-refractivity contribution in [1.82, 2.24) is 0 Å². The van der Waals surface area contributed by atoms with Gasteiger partial charge in [0.1, 0.15) is 13.2 Å². The maximum absolute atomic E-state index is 13.0. The predicted octanol–water partition coefficient (Wildman–Crippen LogP) is 25.2. The van der Waals surface area contributed by atoms with E-state index in [0.717, 1.165) is 103 Å². The van der Waals surface area contributed by atoms with E-state index in [4.69, 9.17) is 14.2 Å². The van der Waals surface area contributed by atoms with E-state index in [9.17, 15) is 14.4 Å². The Balaban J connectivity index is 4.32. The minimum atomic E-state index is -0.790. The molecule has 0 amide bonds. The zero-order chi connectivity index (χ0) is 59.9. The van der Waals surface area contributed by atoms with Gasteiger partial charge in [-0.15, -0.1) is 0 Å². The molecule has 0 aromatic heterocycles. The molecule has 0 aliphatic heterocycles. The lowest BCUT2D eigenvalue weighted by Crippen LogP contribution is -2.30. The highest BCUT2D eigenvalue weighted by atomic mass is 16.6. The molecular weight excluding hydrogens is 1020 g/mol. The number of unbranched alkanes of at least 4 members (excludes halogenated alkanes) is 44. The standard InChI is InChI=1S/C77H138O6/c1-4-7-10-13-16-19-22-25-28-31-34-35-36-37-38-39-40-41-44-46-49-52-55-58-61-64-67-70-76(79)82-73-74(83-77(80)71-68-65-62-59-56-53-50-47-43-33-30-27-24-21-18-15-12-9-6-3)72-81-75(78)69-66-63-60-57-54-51-48-45-42-32-29-26-23-20-17-14-11-8-5-2/h17-18,20-21,26-27,29-30,42-43,45,47,74H,4-16,19,22-25,28,31-41,44,46,48-73H2,1-3H3/b20-17-,21-18-,29-26-,30-27-,45-42-,47-43-. The van der Waals surface area contributed by atoms with Crippen LogP contribution in [0.4, 0.5) is 0 Å². The minimum Gasteiger partial charge on any atom is -0.462 e. The number of hydrogen-bond donors (Lipinski definition) is 0. The van der Waals surface area contributed by atoms with E-state index >= 15 is 0 Å². The molecule has 0 saturated heterocycles. The number of rotatable bonds is 67. The summed E-state index contributed by atoms with van der Waals surface area (Å²) in [6.07, 6.45) is 93.6. The van der Waals surface area contributed by atoms with Gasteiger partial charge in [-0.3, -0.25) is 14.4 Å². The molecule has 0 saturated carbocycles. The second-order valence-electron chi connectivity index (χ2n) is 24.5. The molecule has 83 heavy (non-hydrogen) atoms. The molecule has 0 aliphatic carbocycles. The van der Waals surface area contributed by atoms with E-state index in [1.165, 1.54) is 238 Å². The zero-order valence-electron chi connectivity index (χ0n) is 55.5. The van der Waals surface area contributed by atoms with Crippen molar-refractivity contribution in [1.29, 1.82) is 0 Å². The molecule has 0 fully saturated rings. The molecule has 0 radical (unpaired) electrons. The topological polar surface area (TPSA) is 78.9 Å². The van der Waals surface area contributed by atoms with Crippen molar-refractivity contribution in [3.05, 3.63) is 72.9 Å². The molecular formula is C77H138O6. The molecule has 0 rings (SSSR count). The highest BCUT2D eigenvalue weighted by molar-refractivity contribution is 5.71. The van der Waals surface area contributed by atoms with Gasteiger partial charge in [0.2, 0.25) is 0 Å². The fourth-order valence-electron chi connectivity index (χ4n) is 10.7. The highest BCUT2D eigenvalue weighted by Crippen LogP contribution is 2.18. The van der Waals surface area contributed by atoms with Crippen LogP contribution >= 0.6 is 0 Å². The fraction of sp³-hybridized carbons (Fsp3) is 0.805. The molecule has 6 heteroatoms. The third kappa shape index (κ3) is 69.5. The molecule has 0 aromatic rings. The van der Waals surface area contributed by atoms with E-state index in [1.54, 1.807) is 0 Å². The summed E-state index contributed by atoms with van der Waals surface area (Å²) in [4.78, 5) is 38.5. The molecule has 0 bridgehead atoms. The smallest absolute Gasteiger partial charge is 0.306 e. The molecule has 0 spiro atoms. The van der Waals surface area contributed by atoms with E-state index < -0.39 is 6.10 Å². The normalized spacial score (nSPS) is 12.5. The maximum atomic E-state index is 13.0. The van der Waals surface area contributed by atoms with Crippen LogP contribution in [0.1, 0.15) is 380 Å². The first-order valence-electron chi connectivity index (χ1n) is 36.4. The Morgan fingerprint density at radius 2 is 0.434 bits per heavy atom. The average Bonchev–Trinajstić information content (AvgIpc) is 3.50. The third-order valence-electron chi connectivity index (χ3n) is 16.2. The number of carbonyl (C=O) groups is 3. The number of allylic oxidation sites excluding steroid dienone is 12. The van der Waals surface area contributed by atoms with Crippen molar-refractivity contribution in [2.75, 3.05) is 13.2 Å². The van der Waals surface area contributed by atoms with Gasteiger partial charge in [0.25, 0.3) is 0 Å². The summed E-state index contributed by atoms with van der Waals surface area (Å²) < 4.78 is 17.0. The van der Waals surface area contributed by atoms with Crippen LogP contribution in [0.3, 0.4) is 0 Å². The average molecular weight is 1160 g/mol. The molecule has 0 N–H and O–H groups in total. The van der Waals surface area contributed by atoms with E-state index in [0.29, 0.717) is 19.3 Å². The van der Waals surface area contributed by atoms with Crippen LogP contribution in [0.2, 0.25) is 0 Å². The Morgan fingerprint density at radius 1 is 0.241 bits per heavy atom. The molecule has 0 heterocycles. The van der Waals surface area contributed by atoms with Crippen LogP contribution in [0, 0.1) is 0 Å². The molecule has 0 aromatic carbocycles. The van der Waals surface area contributed by atoms with Gasteiger partial charge in [-0.1, -0.05) is 338 Å². The SMILES string of the molecule is CCCCC/C=C\C/C=C\C/C=C\CCCCCCCCC(=O)OCC(COC(=O)CCCCCCCCCCCCCCCCCCCCCCCCCCCCC)OC(=O)CCCCCCCC/C=C\C/C=C\C/C=C\CCCCC. The van der Waals surface area contributed by atoms with Crippen molar-refractivity contribution in [3.8, 4) is 0 Å². The van der Waals surface area contributed by atoms with Gasteiger partial charge in [-0.05, 0) is 96.3 Å². The van der Waals surface area contributed by atoms with Crippen LogP contribution in [0.25, 0.3) is 0 Å². The Morgan fingerprint density at radius 3 is 0.699 bits per heavy atom. The lowest BCUT2D eigenvalue weighted by molar-refractivity contribution is -0.167. The van der Waals surface area contributed by atoms with Crippen molar-refractivity contribution in [2.45, 2.75) is 386 Å². The molecule has 1 unspecified atom stereocenters. The van der Waals surface area contributed by atoms with E-state index in [-0.39, 0.29) is 31.1 Å². The first-order chi connectivity index (χ1) is 41.0. The lowest BCUT2D eigenvalue weighted by Gasteiger charge is -2.18. The van der Waals surface area contributed by atoms with Gasteiger partial charge >= 0.3 is 17.9 Å². The van der Waals surface area contributed by atoms with Crippen molar-refractivity contribution < 1.29 is 28.6 Å². The van der Waals surface area contributed by atoms with Gasteiger partial charge in [0.05, 0.1) is 0 Å². The van der Waals surface area contributed by atoms with Crippen molar-refractivity contribution in [2.24, 2.45) is 0 Å². The van der Waals surface area contributed by atoms with Gasteiger partial charge in [0, 0.05) is 19.3 Å². The quantitative estimate of drug-likeness (QED) is 0.0261. The van der Waals surface area contributed by atoms with Crippen LogP contribution in [-0.4, -0.2) is 37.2 Å². The summed E-state index contributed by atoms with van der Waals surface area (Å²) in [5.74, 6) is -0.886. The Labute approximate surface area is 516 Å². The van der Waals surface area contributed by atoms with Gasteiger partial charge in [0.15, 0.2) is 6.10 Å². The van der Waals surface area contributed by atoms with Crippen LogP contribution in [0.5, 0.6) is 0 Å². The van der Waals surface area contributed by atoms with Gasteiger partial charge < -0.3 is 14.2 Å². The van der Waals surface area contributed by atoms with Crippen molar-refractivity contribution >= 4 is 17.9 Å². The lowest BCUT2D eigenvalue weighted by atomic mass is 10.0. The zero-order valence-corrected chi connectivity index (χ0v) is 55.5. The molecule has 6 nitrogen and oxygen atoms in total. The third-order valence-corrected chi connectivity index (χ3v) is 16.2. The van der Waals surface area contributed by atoms with E-state index in [1.807, 2.05) is 0 Å². The summed E-state index contributed by atoms with van der Waals surface area (Å²) in [5.41, 5.74) is 0. The summed E-state index contributed by atoms with van der Waals surface area (Å²) in [5, 5.41) is 0. The van der Waals surface area contributed by atoms with Crippen LogP contribution < -0.4 is 0 Å². The molecule has 482 valence electrons. The van der Waals surface area contributed by atoms with Gasteiger partial charge in [-0.25, -0.2) is 0 Å². The monoisotopic (exact) mass is 1160 g/mol. The first kappa shape index (κ1) is 79.8. The summed E-state index contributed by atoms with van der Waals surface area (Å²) >= 11 is 0. The van der Waals surface area contributed by atoms with Gasteiger partial charge in [-0.2, -0.15) is 0 Å². The second kappa shape index (κ2) is 71.3. The summed E-state index contributed by atoms with van der Waals surface area (Å²) in [6, 6.07) is 0. The molecule has 1 atom stereocenters. The van der Waals surface area contributed by atoms with E-state index in [2.05, 4.69) is 93.7 Å². The second-order valence-corrected chi connectivity index (χ2v) is 24.5. The van der Waals surface area contributed by atoms with Crippen molar-refractivity contribution in [3.63, 3.8) is 0 Å². The van der Waals surface area contributed by atoms with Crippen LogP contribution in [0.15, 0.2) is 72.9 Å². The first-order valence-corrected chi connectivity index (χ1v) is 36.4. The number of esters is 3. The Hall–Kier alpha value is -3.15. The summed E-state index contributed by atoms with van der Waals surface area (Å²) in [6.45, 7) is 6.63. The Kier molecular flexibility index (Phi) is 68.6. The molecule has 0 aliphatic rings. The summed E-state index contributed by atoms with van der Waals surface area (Å²) in [7, 11) is 0. The Bertz CT molecular complexity index is 1520. The minimum absolute atomic E-state index is 0.0820. The fourth-order valence-corrected chi connectivity index (χ4v) is 10.7. The number of hydrogen-bond acceptors (Lipinski definition) is 6. The number of carbonyl (C=O) groups excluding carboxylic acids is 3. The van der Waals surface area contributed by atoms with Crippen LogP contribution in [-0.2, 0) is 28.6 Å². The maximum Gasteiger partial charge on any atom is 0.306 e. The predicted molar refractivity (Wildman–Crippen MR) is 362 cm³/mol. The highest BCUT2D eigenvalue weighted by Gasteiger charge is 2.19.